The predicted octanol–water partition coefficient (Wildman–Crippen LogP) is 3.46. The summed E-state index contributed by atoms with van der Waals surface area (Å²) in [6, 6.07) is 14.7. The van der Waals surface area contributed by atoms with Crippen LogP contribution in [0.1, 0.15) is 5.56 Å². The second-order valence-corrected chi connectivity index (χ2v) is 9.38. The summed E-state index contributed by atoms with van der Waals surface area (Å²) in [7, 11) is -3.45. The first-order chi connectivity index (χ1) is 12.4. The second-order valence-electron chi connectivity index (χ2n) is 6.14. The Kier molecular flexibility index (Phi) is 5.96. The number of hydrogen-bond donors (Lipinski definition) is 1. The molecule has 0 aromatic heterocycles. The average Bonchev–Trinajstić information content (AvgIpc) is 2.64. The van der Waals surface area contributed by atoms with Crippen LogP contribution in [-0.2, 0) is 10.0 Å². The Balaban J connectivity index is 1.60. The summed E-state index contributed by atoms with van der Waals surface area (Å²) in [4.78, 5) is 2.34. The van der Waals surface area contributed by atoms with E-state index in [1.54, 1.807) is 12.1 Å². The van der Waals surface area contributed by atoms with E-state index in [2.05, 4.69) is 21.2 Å². The highest BCUT2D eigenvalue weighted by molar-refractivity contribution is 9.10. The molecule has 3 rings (SSSR count). The van der Waals surface area contributed by atoms with Crippen molar-refractivity contribution in [2.24, 2.45) is 0 Å². The third kappa shape index (κ3) is 4.43. The minimum atomic E-state index is -3.45. The monoisotopic (exact) mass is 453 g/mol. The Morgan fingerprint density at radius 2 is 1.58 bits per heavy atom. The van der Waals surface area contributed by atoms with Crippen LogP contribution < -0.4 is 5.32 Å². The highest BCUT2D eigenvalue weighted by Gasteiger charge is 2.29. The van der Waals surface area contributed by atoms with E-state index in [9.17, 15) is 8.42 Å². The van der Waals surface area contributed by atoms with Crippen LogP contribution in [0.3, 0.4) is 0 Å². The molecule has 0 unspecified atom stereocenters. The Bertz CT molecular complexity index is 876. The maximum absolute atomic E-state index is 12.8. The van der Waals surface area contributed by atoms with Gasteiger partial charge in [-0.15, -0.1) is 0 Å². The van der Waals surface area contributed by atoms with E-state index >= 15 is 0 Å². The van der Waals surface area contributed by atoms with Crippen molar-refractivity contribution in [2.45, 2.75) is 11.8 Å². The van der Waals surface area contributed by atoms with Crippen molar-refractivity contribution in [3.63, 3.8) is 0 Å². The lowest BCUT2D eigenvalue weighted by molar-refractivity contribution is 0.268. The minimum absolute atomic E-state index is 0.340. The van der Waals surface area contributed by atoms with E-state index in [1.165, 1.54) is 4.31 Å². The SMILES string of the molecule is Cc1ccc(S(=O)(=O)N2CCN(C(=S)Nc3ccc(Br)cc3)CC2)cc1. The fourth-order valence-corrected chi connectivity index (χ4v) is 4.71. The number of halogens is 1. The highest BCUT2D eigenvalue weighted by atomic mass is 79.9. The number of nitrogens with zero attached hydrogens (tertiary/aromatic N) is 2. The molecule has 1 heterocycles. The van der Waals surface area contributed by atoms with Gasteiger partial charge >= 0.3 is 0 Å². The van der Waals surface area contributed by atoms with Crippen LogP contribution in [0.25, 0.3) is 0 Å². The van der Waals surface area contributed by atoms with Crippen molar-refractivity contribution in [3.8, 4) is 0 Å². The predicted molar refractivity (Wildman–Crippen MR) is 112 cm³/mol. The number of aryl methyl sites for hydroxylation is 1. The highest BCUT2D eigenvalue weighted by Crippen LogP contribution is 2.19. The number of thiocarbonyl (C=S) groups is 1. The average molecular weight is 454 g/mol. The Hall–Kier alpha value is -1.48. The van der Waals surface area contributed by atoms with E-state index in [4.69, 9.17) is 12.2 Å². The van der Waals surface area contributed by atoms with Gasteiger partial charge in [-0.3, -0.25) is 0 Å². The molecule has 1 aliphatic heterocycles. The normalized spacial score (nSPS) is 15.7. The lowest BCUT2D eigenvalue weighted by Gasteiger charge is -2.35. The molecule has 2 aromatic rings. The van der Waals surface area contributed by atoms with Crippen LogP contribution in [0.4, 0.5) is 5.69 Å². The number of benzene rings is 2. The first-order valence-corrected chi connectivity index (χ1v) is 10.9. The molecular formula is C18H20BrN3O2S2. The van der Waals surface area contributed by atoms with Crippen LogP contribution in [0, 0.1) is 6.92 Å². The van der Waals surface area contributed by atoms with Gasteiger partial charge in [0.15, 0.2) is 5.11 Å². The van der Waals surface area contributed by atoms with Gasteiger partial charge in [-0.2, -0.15) is 4.31 Å². The molecule has 0 bridgehead atoms. The zero-order valence-corrected chi connectivity index (χ0v) is 17.6. The molecule has 138 valence electrons. The molecule has 0 spiro atoms. The summed E-state index contributed by atoms with van der Waals surface area (Å²) in [6.45, 7) is 3.90. The summed E-state index contributed by atoms with van der Waals surface area (Å²) in [5, 5.41) is 3.81. The molecule has 0 amide bonds. The van der Waals surface area contributed by atoms with Gasteiger partial charge in [-0.1, -0.05) is 33.6 Å². The van der Waals surface area contributed by atoms with Crippen LogP contribution in [0.5, 0.6) is 0 Å². The third-order valence-electron chi connectivity index (χ3n) is 4.28. The summed E-state index contributed by atoms with van der Waals surface area (Å²) in [5.74, 6) is 0. The minimum Gasteiger partial charge on any atom is -0.346 e. The van der Waals surface area contributed by atoms with Crippen molar-refractivity contribution in [1.82, 2.24) is 9.21 Å². The standard InChI is InChI=1S/C18H20BrN3O2S2/c1-14-2-8-17(9-3-14)26(23,24)22-12-10-21(11-13-22)18(25)20-16-6-4-15(19)5-7-16/h2-9H,10-13H2,1H3,(H,20,25). The van der Waals surface area contributed by atoms with Gasteiger partial charge in [0.05, 0.1) is 4.90 Å². The molecule has 1 N–H and O–H groups in total. The summed E-state index contributed by atoms with van der Waals surface area (Å²) < 4.78 is 28.0. The smallest absolute Gasteiger partial charge is 0.243 e. The van der Waals surface area contributed by atoms with E-state index in [0.717, 1.165) is 15.7 Å². The fraction of sp³-hybridized carbons (Fsp3) is 0.278. The van der Waals surface area contributed by atoms with Gasteiger partial charge < -0.3 is 10.2 Å². The van der Waals surface area contributed by atoms with Crippen molar-refractivity contribution >= 4 is 49.0 Å². The lowest BCUT2D eigenvalue weighted by atomic mass is 10.2. The van der Waals surface area contributed by atoms with Gasteiger partial charge in [0.25, 0.3) is 0 Å². The van der Waals surface area contributed by atoms with E-state index in [0.29, 0.717) is 36.2 Å². The number of sulfonamides is 1. The van der Waals surface area contributed by atoms with Crippen LogP contribution in [-0.4, -0.2) is 48.9 Å². The zero-order chi connectivity index (χ0) is 18.7. The van der Waals surface area contributed by atoms with E-state index in [-0.39, 0.29) is 0 Å². The molecule has 1 aliphatic rings. The Labute approximate surface area is 168 Å². The number of hydrogen-bond acceptors (Lipinski definition) is 3. The molecule has 1 fully saturated rings. The Morgan fingerprint density at radius 3 is 2.15 bits per heavy atom. The molecule has 26 heavy (non-hydrogen) atoms. The quantitative estimate of drug-likeness (QED) is 0.721. The fourth-order valence-electron chi connectivity index (χ4n) is 2.73. The topological polar surface area (TPSA) is 52.7 Å². The summed E-state index contributed by atoms with van der Waals surface area (Å²) in [6.07, 6.45) is 0. The summed E-state index contributed by atoms with van der Waals surface area (Å²) >= 11 is 8.87. The number of nitrogens with one attached hydrogen (secondary N) is 1. The maximum atomic E-state index is 12.8. The van der Waals surface area contributed by atoms with Crippen LogP contribution in [0.2, 0.25) is 0 Å². The number of piperazine rings is 1. The van der Waals surface area contributed by atoms with Crippen LogP contribution >= 0.6 is 28.1 Å². The lowest BCUT2D eigenvalue weighted by Crippen LogP contribution is -2.51. The van der Waals surface area contributed by atoms with Crippen molar-refractivity contribution < 1.29 is 8.42 Å². The number of rotatable bonds is 3. The first-order valence-electron chi connectivity index (χ1n) is 8.24. The summed E-state index contributed by atoms with van der Waals surface area (Å²) in [5.41, 5.74) is 1.95. The van der Waals surface area contributed by atoms with Gasteiger partial charge in [-0.05, 0) is 55.5 Å². The molecule has 8 heteroatoms. The molecule has 0 aliphatic carbocycles. The molecule has 5 nitrogen and oxygen atoms in total. The van der Waals surface area contributed by atoms with E-state index < -0.39 is 10.0 Å². The molecule has 0 atom stereocenters. The van der Waals surface area contributed by atoms with Crippen molar-refractivity contribution in [1.29, 1.82) is 0 Å². The Morgan fingerprint density at radius 1 is 1.00 bits per heavy atom. The number of anilines is 1. The van der Waals surface area contributed by atoms with Crippen molar-refractivity contribution in [3.05, 3.63) is 58.6 Å². The van der Waals surface area contributed by atoms with Gasteiger partial charge in [0.2, 0.25) is 10.0 Å². The first kappa shape index (κ1) is 19.3. The van der Waals surface area contributed by atoms with Gasteiger partial charge in [0, 0.05) is 36.3 Å². The molecule has 0 saturated carbocycles. The van der Waals surface area contributed by atoms with Gasteiger partial charge in [-0.25, -0.2) is 8.42 Å². The molecular weight excluding hydrogens is 434 g/mol. The third-order valence-corrected chi connectivity index (χ3v) is 7.08. The van der Waals surface area contributed by atoms with E-state index in [1.807, 2.05) is 48.2 Å². The van der Waals surface area contributed by atoms with Crippen molar-refractivity contribution in [2.75, 3.05) is 31.5 Å². The molecule has 1 saturated heterocycles. The maximum Gasteiger partial charge on any atom is 0.243 e. The zero-order valence-electron chi connectivity index (χ0n) is 14.4. The molecule has 0 radical (unpaired) electrons. The van der Waals surface area contributed by atoms with Crippen LogP contribution in [0.15, 0.2) is 57.9 Å². The largest absolute Gasteiger partial charge is 0.346 e. The molecule has 2 aromatic carbocycles. The second kappa shape index (κ2) is 8.04. The van der Waals surface area contributed by atoms with Gasteiger partial charge in [0.1, 0.15) is 0 Å².